The highest BCUT2D eigenvalue weighted by atomic mass is 16.6. The number of esters is 1. The summed E-state index contributed by atoms with van der Waals surface area (Å²) in [6.07, 6.45) is 9.15. The van der Waals surface area contributed by atoms with E-state index in [-0.39, 0.29) is 17.5 Å². The first-order chi connectivity index (χ1) is 8.99. The van der Waals surface area contributed by atoms with Crippen LogP contribution in [0, 0.1) is 5.92 Å². The third-order valence-corrected chi connectivity index (χ3v) is 3.55. The van der Waals surface area contributed by atoms with Crippen molar-refractivity contribution in [3.05, 3.63) is 0 Å². The molecule has 0 aromatic carbocycles. The van der Waals surface area contributed by atoms with E-state index in [0.29, 0.717) is 0 Å². The molecule has 3 nitrogen and oxygen atoms in total. The van der Waals surface area contributed by atoms with Crippen LogP contribution in [0.25, 0.3) is 0 Å². The van der Waals surface area contributed by atoms with Crippen LogP contribution in [-0.2, 0) is 9.53 Å². The number of ether oxygens (including phenoxy) is 1. The fourth-order valence-corrected chi connectivity index (χ4v) is 2.53. The summed E-state index contributed by atoms with van der Waals surface area (Å²) in [7, 11) is 0. The highest BCUT2D eigenvalue weighted by molar-refractivity contribution is 5.72. The Kier molecular flexibility index (Phi) is 7.44. The van der Waals surface area contributed by atoms with Crippen LogP contribution in [0.2, 0.25) is 0 Å². The van der Waals surface area contributed by atoms with Crippen molar-refractivity contribution in [2.75, 3.05) is 13.1 Å². The normalized spacial score (nSPS) is 21.2. The molecule has 0 radical (unpaired) electrons. The molecule has 1 N–H and O–H groups in total. The predicted octanol–water partition coefficient (Wildman–Crippen LogP) is 3.67. The largest absolute Gasteiger partial charge is 0.460 e. The first-order valence-electron chi connectivity index (χ1n) is 7.92. The summed E-state index contributed by atoms with van der Waals surface area (Å²) < 4.78 is 5.55. The Labute approximate surface area is 118 Å². The van der Waals surface area contributed by atoms with Gasteiger partial charge in [-0.15, -0.1) is 0 Å². The minimum absolute atomic E-state index is 0.0164. The molecule has 0 aliphatic carbocycles. The van der Waals surface area contributed by atoms with E-state index in [1.165, 1.54) is 25.7 Å². The van der Waals surface area contributed by atoms with Crippen LogP contribution in [0.5, 0.6) is 0 Å². The first-order valence-corrected chi connectivity index (χ1v) is 7.92. The van der Waals surface area contributed by atoms with Gasteiger partial charge in [-0.1, -0.05) is 25.7 Å². The molecule has 0 saturated carbocycles. The van der Waals surface area contributed by atoms with Crippen LogP contribution in [0.3, 0.4) is 0 Å². The van der Waals surface area contributed by atoms with Crippen LogP contribution in [0.1, 0.15) is 72.1 Å². The summed E-state index contributed by atoms with van der Waals surface area (Å²) in [5, 5.41) is 3.48. The zero-order valence-corrected chi connectivity index (χ0v) is 13.0. The van der Waals surface area contributed by atoms with E-state index < -0.39 is 0 Å². The fourth-order valence-electron chi connectivity index (χ4n) is 2.53. The molecule has 1 saturated heterocycles. The number of nitrogens with one attached hydrogen (secondary N) is 1. The quantitative estimate of drug-likeness (QED) is 0.738. The maximum absolute atomic E-state index is 12.2. The standard InChI is InChI=1S/C16H31NO2/c1-16(2,3)19-15(18)14-10-6-4-8-12-17-13-9-5-7-11-14/h14,17H,4-13H2,1-3H3. The second-order valence-corrected chi connectivity index (χ2v) is 6.68. The Hall–Kier alpha value is -0.570. The van der Waals surface area contributed by atoms with Crippen molar-refractivity contribution in [2.45, 2.75) is 77.7 Å². The highest BCUT2D eigenvalue weighted by Crippen LogP contribution is 2.22. The summed E-state index contributed by atoms with van der Waals surface area (Å²) in [6, 6.07) is 0. The summed E-state index contributed by atoms with van der Waals surface area (Å²) in [4.78, 5) is 12.2. The summed E-state index contributed by atoms with van der Waals surface area (Å²) >= 11 is 0. The van der Waals surface area contributed by atoms with E-state index in [1.807, 2.05) is 20.8 Å². The Morgan fingerprint density at radius 2 is 1.47 bits per heavy atom. The summed E-state index contributed by atoms with van der Waals surface area (Å²) in [6.45, 7) is 8.10. The van der Waals surface area contributed by atoms with Gasteiger partial charge >= 0.3 is 5.97 Å². The molecule has 0 aromatic rings. The Balaban J connectivity index is 2.44. The first kappa shape index (κ1) is 16.5. The Bertz CT molecular complexity index is 246. The molecule has 0 atom stereocenters. The zero-order valence-electron chi connectivity index (χ0n) is 13.0. The molecule has 0 amide bonds. The smallest absolute Gasteiger partial charge is 0.309 e. The van der Waals surface area contributed by atoms with Crippen LogP contribution in [0.4, 0.5) is 0 Å². The van der Waals surface area contributed by atoms with Crippen molar-refractivity contribution in [3.63, 3.8) is 0 Å². The van der Waals surface area contributed by atoms with Crippen LogP contribution < -0.4 is 5.32 Å². The summed E-state index contributed by atoms with van der Waals surface area (Å²) in [5.41, 5.74) is -0.356. The van der Waals surface area contributed by atoms with Crippen LogP contribution in [-0.4, -0.2) is 24.7 Å². The van der Waals surface area contributed by atoms with E-state index in [9.17, 15) is 4.79 Å². The minimum atomic E-state index is -0.356. The lowest BCUT2D eigenvalue weighted by atomic mass is 9.94. The molecule has 1 aliphatic heterocycles. The third kappa shape index (κ3) is 8.25. The van der Waals surface area contributed by atoms with Gasteiger partial charge in [0.15, 0.2) is 0 Å². The maximum Gasteiger partial charge on any atom is 0.309 e. The second kappa shape index (κ2) is 8.57. The summed E-state index contributed by atoms with van der Waals surface area (Å²) in [5.74, 6) is 0.134. The number of carbonyl (C=O) groups excluding carboxylic acids is 1. The molecule has 1 rings (SSSR count). The molecule has 1 fully saturated rings. The number of carbonyl (C=O) groups is 1. The van der Waals surface area contributed by atoms with E-state index in [0.717, 1.165) is 38.8 Å². The highest BCUT2D eigenvalue weighted by Gasteiger charge is 2.24. The van der Waals surface area contributed by atoms with Gasteiger partial charge in [0.05, 0.1) is 5.92 Å². The lowest BCUT2D eigenvalue weighted by Gasteiger charge is -2.24. The monoisotopic (exact) mass is 269 g/mol. The van der Waals surface area contributed by atoms with Crippen molar-refractivity contribution in [1.29, 1.82) is 0 Å². The third-order valence-electron chi connectivity index (χ3n) is 3.55. The van der Waals surface area contributed by atoms with Gasteiger partial charge in [-0.3, -0.25) is 4.79 Å². The molecular weight excluding hydrogens is 238 g/mol. The van der Waals surface area contributed by atoms with E-state index >= 15 is 0 Å². The molecule has 0 spiro atoms. The fraction of sp³-hybridized carbons (Fsp3) is 0.938. The van der Waals surface area contributed by atoms with Gasteiger partial charge in [0.1, 0.15) is 5.60 Å². The molecule has 0 bridgehead atoms. The van der Waals surface area contributed by atoms with Crippen molar-refractivity contribution < 1.29 is 9.53 Å². The maximum atomic E-state index is 12.2. The van der Waals surface area contributed by atoms with Gasteiger partial charge < -0.3 is 10.1 Å². The molecule has 0 aromatic heterocycles. The lowest BCUT2D eigenvalue weighted by Crippen LogP contribution is -2.29. The number of hydrogen-bond acceptors (Lipinski definition) is 3. The van der Waals surface area contributed by atoms with Crippen molar-refractivity contribution in [2.24, 2.45) is 5.92 Å². The minimum Gasteiger partial charge on any atom is -0.460 e. The van der Waals surface area contributed by atoms with E-state index in [4.69, 9.17) is 4.74 Å². The van der Waals surface area contributed by atoms with Gasteiger partial charge in [-0.25, -0.2) is 0 Å². The van der Waals surface area contributed by atoms with Gasteiger partial charge in [0.25, 0.3) is 0 Å². The molecule has 1 heterocycles. The second-order valence-electron chi connectivity index (χ2n) is 6.68. The Morgan fingerprint density at radius 1 is 0.947 bits per heavy atom. The molecule has 19 heavy (non-hydrogen) atoms. The van der Waals surface area contributed by atoms with Crippen molar-refractivity contribution in [3.8, 4) is 0 Å². The topological polar surface area (TPSA) is 38.3 Å². The Morgan fingerprint density at radius 3 is 1.95 bits per heavy atom. The van der Waals surface area contributed by atoms with Crippen molar-refractivity contribution in [1.82, 2.24) is 5.32 Å². The average molecular weight is 269 g/mol. The molecule has 3 heteroatoms. The lowest BCUT2D eigenvalue weighted by molar-refractivity contribution is -0.160. The number of rotatable bonds is 1. The van der Waals surface area contributed by atoms with Crippen molar-refractivity contribution >= 4 is 5.97 Å². The van der Waals surface area contributed by atoms with Gasteiger partial charge in [0, 0.05) is 0 Å². The molecular formula is C16H31NO2. The van der Waals surface area contributed by atoms with Gasteiger partial charge in [0.2, 0.25) is 0 Å². The number of hydrogen-bond donors (Lipinski definition) is 1. The average Bonchev–Trinajstić information content (AvgIpc) is 2.27. The molecule has 112 valence electrons. The van der Waals surface area contributed by atoms with Crippen LogP contribution in [0.15, 0.2) is 0 Å². The zero-order chi connectivity index (χ0) is 14.1. The van der Waals surface area contributed by atoms with E-state index in [2.05, 4.69) is 5.32 Å². The SMILES string of the molecule is CC(C)(C)OC(=O)C1CCCCCNCCCCC1. The van der Waals surface area contributed by atoms with E-state index in [1.54, 1.807) is 0 Å². The van der Waals surface area contributed by atoms with Crippen LogP contribution >= 0.6 is 0 Å². The van der Waals surface area contributed by atoms with Gasteiger partial charge in [-0.05, 0) is 59.5 Å². The van der Waals surface area contributed by atoms with Gasteiger partial charge in [-0.2, -0.15) is 0 Å². The molecule has 0 unspecified atom stereocenters. The predicted molar refractivity (Wildman–Crippen MR) is 79.1 cm³/mol. The molecule has 1 aliphatic rings.